The first-order valence-corrected chi connectivity index (χ1v) is 11.2. The molecule has 0 saturated heterocycles. The van der Waals surface area contributed by atoms with Gasteiger partial charge in [0.1, 0.15) is 5.75 Å². The molecule has 0 spiro atoms. The van der Waals surface area contributed by atoms with E-state index < -0.39 is 0 Å². The smallest absolute Gasteiger partial charge is 0.206 e. The van der Waals surface area contributed by atoms with Crippen molar-refractivity contribution in [1.29, 1.82) is 0 Å². The fourth-order valence-electron chi connectivity index (χ4n) is 3.17. The zero-order valence-electron chi connectivity index (χ0n) is 19.8. The molecule has 0 aliphatic carbocycles. The molecule has 0 saturated carbocycles. The fourth-order valence-corrected chi connectivity index (χ4v) is 4.01. The van der Waals surface area contributed by atoms with Crippen molar-refractivity contribution >= 4 is 17.0 Å². The molecule has 33 heavy (non-hydrogen) atoms. The lowest BCUT2D eigenvalue weighted by atomic mass is 10.1. The molecular formula is C25H29N3O4S. The highest BCUT2D eigenvalue weighted by atomic mass is 32.1. The molecule has 1 heterocycles. The van der Waals surface area contributed by atoms with Crippen LogP contribution in [0.3, 0.4) is 0 Å². The fraction of sp³-hybridized carbons (Fsp3) is 0.280. The zero-order valence-corrected chi connectivity index (χ0v) is 20.7. The van der Waals surface area contributed by atoms with Crippen LogP contribution in [0.15, 0.2) is 64.0 Å². The zero-order chi connectivity index (χ0) is 24.0. The first-order valence-electron chi connectivity index (χ1n) is 10.3. The van der Waals surface area contributed by atoms with Gasteiger partial charge in [0.05, 0.1) is 46.4 Å². The molecule has 174 valence electrons. The van der Waals surface area contributed by atoms with Crippen molar-refractivity contribution in [3.8, 4) is 34.3 Å². The SMILES string of the molecule is C=C(C)CN=c1scc(-c2cc(OC)c(OC)c(OC)c2)n1N=C(C)c1ccc(OC)cc1. The van der Waals surface area contributed by atoms with Crippen molar-refractivity contribution in [2.45, 2.75) is 13.8 Å². The van der Waals surface area contributed by atoms with Gasteiger partial charge in [-0.1, -0.05) is 12.2 Å². The number of thiazole rings is 1. The van der Waals surface area contributed by atoms with E-state index in [1.807, 2.05) is 60.3 Å². The number of hydrogen-bond acceptors (Lipinski definition) is 7. The van der Waals surface area contributed by atoms with Crippen molar-refractivity contribution < 1.29 is 18.9 Å². The van der Waals surface area contributed by atoms with Crippen LogP contribution in [-0.2, 0) is 0 Å². The number of rotatable bonds is 9. The van der Waals surface area contributed by atoms with Gasteiger partial charge in [0.15, 0.2) is 11.5 Å². The molecule has 3 aromatic rings. The van der Waals surface area contributed by atoms with E-state index in [1.54, 1.807) is 28.4 Å². The average molecular weight is 468 g/mol. The summed E-state index contributed by atoms with van der Waals surface area (Å²) in [6, 6.07) is 11.6. The molecule has 0 fully saturated rings. The van der Waals surface area contributed by atoms with E-state index in [0.717, 1.165) is 38.7 Å². The Morgan fingerprint density at radius 2 is 1.58 bits per heavy atom. The van der Waals surface area contributed by atoms with Gasteiger partial charge in [0.25, 0.3) is 0 Å². The van der Waals surface area contributed by atoms with Crippen LogP contribution in [0.25, 0.3) is 11.3 Å². The summed E-state index contributed by atoms with van der Waals surface area (Å²) >= 11 is 1.51. The normalized spacial score (nSPS) is 11.9. The minimum Gasteiger partial charge on any atom is -0.497 e. The first kappa shape index (κ1) is 24.1. The second kappa shape index (κ2) is 10.9. The molecule has 1 aromatic heterocycles. The molecule has 0 bridgehead atoms. The number of aromatic nitrogens is 1. The van der Waals surface area contributed by atoms with Gasteiger partial charge in [-0.25, -0.2) is 4.68 Å². The largest absolute Gasteiger partial charge is 0.497 e. The Morgan fingerprint density at radius 3 is 2.09 bits per heavy atom. The highest BCUT2D eigenvalue weighted by Crippen LogP contribution is 2.41. The van der Waals surface area contributed by atoms with E-state index in [1.165, 1.54) is 11.3 Å². The van der Waals surface area contributed by atoms with Crippen molar-refractivity contribution in [3.05, 3.63) is 64.3 Å². The number of methoxy groups -OCH3 is 4. The quantitative estimate of drug-likeness (QED) is 0.328. The third-order valence-electron chi connectivity index (χ3n) is 4.89. The lowest BCUT2D eigenvalue weighted by molar-refractivity contribution is 0.324. The summed E-state index contributed by atoms with van der Waals surface area (Å²) in [4.78, 5) is 5.47. The van der Waals surface area contributed by atoms with Crippen LogP contribution in [0.5, 0.6) is 23.0 Å². The third-order valence-corrected chi connectivity index (χ3v) is 5.74. The third kappa shape index (κ3) is 5.46. The average Bonchev–Trinajstić information content (AvgIpc) is 3.23. The van der Waals surface area contributed by atoms with Crippen molar-refractivity contribution in [2.75, 3.05) is 35.0 Å². The van der Waals surface area contributed by atoms with Gasteiger partial charge in [-0.3, -0.25) is 4.99 Å². The van der Waals surface area contributed by atoms with Gasteiger partial charge in [-0.2, -0.15) is 5.10 Å². The first-order chi connectivity index (χ1) is 15.9. The van der Waals surface area contributed by atoms with Gasteiger partial charge in [0.2, 0.25) is 10.6 Å². The molecule has 0 amide bonds. The molecule has 0 unspecified atom stereocenters. The number of benzene rings is 2. The summed E-state index contributed by atoms with van der Waals surface area (Å²) in [5.74, 6) is 2.47. The Morgan fingerprint density at radius 1 is 0.939 bits per heavy atom. The summed E-state index contributed by atoms with van der Waals surface area (Å²) in [6.45, 7) is 8.40. The molecular weight excluding hydrogens is 438 g/mol. The second-order valence-electron chi connectivity index (χ2n) is 7.32. The number of ether oxygens (including phenoxy) is 4. The monoisotopic (exact) mass is 467 g/mol. The molecule has 0 atom stereocenters. The van der Waals surface area contributed by atoms with E-state index in [-0.39, 0.29) is 0 Å². The Labute approximate surface area is 198 Å². The van der Waals surface area contributed by atoms with E-state index >= 15 is 0 Å². The highest BCUT2D eigenvalue weighted by Gasteiger charge is 2.17. The van der Waals surface area contributed by atoms with Gasteiger partial charge < -0.3 is 18.9 Å². The van der Waals surface area contributed by atoms with Crippen LogP contribution in [0.1, 0.15) is 19.4 Å². The maximum Gasteiger partial charge on any atom is 0.206 e. The number of nitrogens with zero attached hydrogens (tertiary/aromatic N) is 3. The predicted octanol–water partition coefficient (Wildman–Crippen LogP) is 5.00. The molecule has 7 nitrogen and oxygen atoms in total. The van der Waals surface area contributed by atoms with E-state index in [9.17, 15) is 0 Å². The molecule has 3 rings (SSSR count). The van der Waals surface area contributed by atoms with Crippen LogP contribution in [0.4, 0.5) is 0 Å². The standard InChI is InChI=1S/C25H29N3O4S/c1-16(2)14-26-25-28(27-17(3)18-8-10-20(29-4)11-9-18)21(15-33-25)19-12-22(30-5)24(32-7)23(13-19)31-6/h8-13,15H,1,14H2,2-7H3. The highest BCUT2D eigenvalue weighted by molar-refractivity contribution is 7.07. The Kier molecular flexibility index (Phi) is 7.95. The summed E-state index contributed by atoms with van der Waals surface area (Å²) < 4.78 is 23.7. The minimum atomic E-state index is 0.520. The van der Waals surface area contributed by atoms with Gasteiger partial charge in [-0.15, -0.1) is 11.3 Å². The van der Waals surface area contributed by atoms with Gasteiger partial charge in [0, 0.05) is 10.9 Å². The molecule has 0 aliphatic heterocycles. The van der Waals surface area contributed by atoms with E-state index in [2.05, 4.69) is 6.58 Å². The molecule has 2 aromatic carbocycles. The molecule has 0 radical (unpaired) electrons. The summed E-state index contributed by atoms with van der Waals surface area (Å²) in [6.07, 6.45) is 0. The van der Waals surface area contributed by atoms with Crippen molar-refractivity contribution in [2.24, 2.45) is 10.1 Å². The van der Waals surface area contributed by atoms with Crippen LogP contribution in [0.2, 0.25) is 0 Å². The van der Waals surface area contributed by atoms with Crippen LogP contribution < -0.4 is 23.7 Å². The Balaban J connectivity index is 2.19. The van der Waals surface area contributed by atoms with E-state index in [4.69, 9.17) is 29.0 Å². The molecule has 8 heteroatoms. The second-order valence-corrected chi connectivity index (χ2v) is 8.15. The Hall–Kier alpha value is -3.52. The van der Waals surface area contributed by atoms with E-state index in [0.29, 0.717) is 23.8 Å². The van der Waals surface area contributed by atoms with Gasteiger partial charge in [-0.05, 0) is 55.8 Å². The van der Waals surface area contributed by atoms with Crippen LogP contribution >= 0.6 is 11.3 Å². The molecule has 0 N–H and O–H groups in total. The minimum absolute atomic E-state index is 0.520. The predicted molar refractivity (Wildman–Crippen MR) is 133 cm³/mol. The maximum absolute atomic E-state index is 5.55. The van der Waals surface area contributed by atoms with Crippen molar-refractivity contribution in [1.82, 2.24) is 4.68 Å². The Bertz CT molecular complexity index is 1200. The lowest BCUT2D eigenvalue weighted by Gasteiger charge is -2.14. The van der Waals surface area contributed by atoms with Crippen LogP contribution in [0, 0.1) is 0 Å². The topological polar surface area (TPSA) is 66.6 Å². The summed E-state index contributed by atoms with van der Waals surface area (Å²) in [7, 11) is 6.43. The maximum atomic E-state index is 5.55. The van der Waals surface area contributed by atoms with Crippen LogP contribution in [-0.4, -0.2) is 45.4 Å². The lowest BCUT2D eigenvalue weighted by Crippen LogP contribution is -2.15. The van der Waals surface area contributed by atoms with Crippen molar-refractivity contribution in [3.63, 3.8) is 0 Å². The number of hydrogen-bond donors (Lipinski definition) is 0. The molecule has 0 aliphatic rings. The summed E-state index contributed by atoms with van der Waals surface area (Å²) in [5, 5.41) is 6.94. The summed E-state index contributed by atoms with van der Waals surface area (Å²) in [5.41, 5.74) is 4.51. The van der Waals surface area contributed by atoms with Gasteiger partial charge >= 0.3 is 0 Å².